The van der Waals surface area contributed by atoms with Crippen molar-refractivity contribution in [1.29, 1.82) is 0 Å². The first kappa shape index (κ1) is 14.5. The Morgan fingerprint density at radius 1 is 1.32 bits per heavy atom. The normalized spacial score (nSPS) is 24.7. The molecule has 19 heavy (non-hydrogen) atoms. The van der Waals surface area contributed by atoms with Crippen LogP contribution < -0.4 is 5.32 Å². The lowest BCUT2D eigenvalue weighted by molar-refractivity contribution is -0.0697. The molecule has 4 nitrogen and oxygen atoms in total. The molecule has 0 unspecified atom stereocenters. The fraction of sp³-hybridized carbons (Fsp3) is 0.800. The van der Waals surface area contributed by atoms with E-state index in [0.29, 0.717) is 6.04 Å². The van der Waals surface area contributed by atoms with Gasteiger partial charge in [-0.1, -0.05) is 0 Å². The van der Waals surface area contributed by atoms with Gasteiger partial charge in [0, 0.05) is 25.0 Å². The maximum atomic E-state index is 6.09. The van der Waals surface area contributed by atoms with Crippen molar-refractivity contribution in [3.8, 4) is 0 Å². The van der Waals surface area contributed by atoms with E-state index < -0.39 is 0 Å². The Labute approximate surface area is 116 Å². The number of rotatable bonds is 6. The smallest absolute Gasteiger partial charge is 0.0945 e. The first-order chi connectivity index (χ1) is 8.89. The summed E-state index contributed by atoms with van der Waals surface area (Å²) in [6.45, 7) is 10.8. The van der Waals surface area contributed by atoms with E-state index in [1.54, 1.807) is 0 Å². The van der Waals surface area contributed by atoms with E-state index in [1.165, 1.54) is 12.8 Å². The standard InChI is InChI=1S/C15H27N3O/c1-14(2)11-13(15(3,4)19-14)17-7-5-6-9-18-10-8-16-12-18/h8,10,12-13,17H,5-7,9,11H2,1-4H3/t13-/m1/s1. The van der Waals surface area contributed by atoms with Gasteiger partial charge in [-0.2, -0.15) is 0 Å². The second-order valence-corrected chi connectivity index (χ2v) is 6.68. The highest BCUT2D eigenvalue weighted by atomic mass is 16.5. The molecule has 0 radical (unpaired) electrons. The quantitative estimate of drug-likeness (QED) is 0.804. The monoisotopic (exact) mass is 265 g/mol. The number of unbranched alkanes of at least 4 members (excludes halogenated alkanes) is 1. The molecule has 1 aromatic heterocycles. The SMILES string of the molecule is CC1(C)C[C@@H](NCCCCn2ccnc2)C(C)(C)O1. The van der Waals surface area contributed by atoms with Crippen molar-refractivity contribution >= 4 is 0 Å². The lowest BCUT2D eigenvalue weighted by Gasteiger charge is -2.27. The number of nitrogens with zero attached hydrogens (tertiary/aromatic N) is 2. The molecule has 0 aliphatic carbocycles. The molecule has 0 spiro atoms. The molecule has 1 atom stereocenters. The van der Waals surface area contributed by atoms with Crippen LogP contribution in [0.15, 0.2) is 18.7 Å². The highest BCUT2D eigenvalue weighted by Gasteiger charge is 2.45. The van der Waals surface area contributed by atoms with Crippen LogP contribution in [0.5, 0.6) is 0 Å². The number of hydrogen-bond donors (Lipinski definition) is 1. The summed E-state index contributed by atoms with van der Waals surface area (Å²) in [7, 11) is 0. The number of hydrogen-bond acceptors (Lipinski definition) is 3. The second kappa shape index (κ2) is 5.63. The summed E-state index contributed by atoms with van der Waals surface area (Å²) < 4.78 is 8.22. The van der Waals surface area contributed by atoms with Crippen LogP contribution in [0.25, 0.3) is 0 Å². The van der Waals surface area contributed by atoms with Gasteiger partial charge in [0.05, 0.1) is 17.5 Å². The molecular weight excluding hydrogens is 238 g/mol. The van der Waals surface area contributed by atoms with E-state index in [0.717, 1.165) is 19.5 Å². The van der Waals surface area contributed by atoms with Crippen LogP contribution >= 0.6 is 0 Å². The Kier molecular flexibility index (Phi) is 4.31. The molecule has 2 heterocycles. The number of nitrogens with one attached hydrogen (secondary N) is 1. The zero-order chi connectivity index (χ0) is 13.9. The fourth-order valence-corrected chi connectivity index (χ4v) is 2.99. The Morgan fingerprint density at radius 2 is 2.11 bits per heavy atom. The van der Waals surface area contributed by atoms with E-state index in [-0.39, 0.29) is 11.2 Å². The van der Waals surface area contributed by atoms with Crippen LogP contribution in [-0.2, 0) is 11.3 Å². The summed E-state index contributed by atoms with van der Waals surface area (Å²) in [5.74, 6) is 0. The van der Waals surface area contributed by atoms with Crippen molar-refractivity contribution in [3.05, 3.63) is 18.7 Å². The van der Waals surface area contributed by atoms with Crippen molar-refractivity contribution in [3.63, 3.8) is 0 Å². The Bertz CT molecular complexity index is 384. The van der Waals surface area contributed by atoms with E-state index in [2.05, 4.69) is 42.6 Å². The van der Waals surface area contributed by atoms with Crippen LogP contribution in [0.3, 0.4) is 0 Å². The van der Waals surface area contributed by atoms with Crippen LogP contribution in [0, 0.1) is 0 Å². The number of aryl methyl sites for hydroxylation is 1. The first-order valence-electron chi connectivity index (χ1n) is 7.28. The number of ether oxygens (including phenoxy) is 1. The second-order valence-electron chi connectivity index (χ2n) is 6.68. The van der Waals surface area contributed by atoms with Crippen molar-refractivity contribution in [2.24, 2.45) is 0 Å². The van der Waals surface area contributed by atoms with Crippen molar-refractivity contribution in [1.82, 2.24) is 14.9 Å². The third-order valence-electron chi connectivity index (χ3n) is 3.87. The molecule has 0 saturated carbocycles. The van der Waals surface area contributed by atoms with Crippen molar-refractivity contribution in [2.75, 3.05) is 6.54 Å². The molecule has 1 aromatic rings. The third-order valence-corrected chi connectivity index (χ3v) is 3.87. The largest absolute Gasteiger partial charge is 0.368 e. The minimum absolute atomic E-state index is 0.00201. The molecule has 2 rings (SSSR count). The van der Waals surface area contributed by atoms with Gasteiger partial charge >= 0.3 is 0 Å². The number of imidazole rings is 1. The van der Waals surface area contributed by atoms with Crippen molar-refractivity contribution < 1.29 is 4.74 Å². The zero-order valence-corrected chi connectivity index (χ0v) is 12.6. The summed E-state index contributed by atoms with van der Waals surface area (Å²) in [5, 5.41) is 3.66. The Hall–Kier alpha value is -0.870. The summed E-state index contributed by atoms with van der Waals surface area (Å²) in [5.41, 5.74) is -0.0637. The van der Waals surface area contributed by atoms with Crippen molar-refractivity contribution in [2.45, 2.75) is 70.7 Å². The minimum Gasteiger partial charge on any atom is -0.368 e. The molecule has 1 aliphatic rings. The maximum absolute atomic E-state index is 6.09. The molecule has 108 valence electrons. The fourth-order valence-electron chi connectivity index (χ4n) is 2.99. The average molecular weight is 265 g/mol. The highest BCUT2D eigenvalue weighted by Crippen LogP contribution is 2.37. The molecule has 0 aromatic carbocycles. The molecule has 1 fully saturated rings. The molecular formula is C15H27N3O. The zero-order valence-electron chi connectivity index (χ0n) is 12.6. The van der Waals surface area contributed by atoms with Crippen LogP contribution in [0.4, 0.5) is 0 Å². The lowest BCUT2D eigenvalue weighted by atomic mass is 9.94. The van der Waals surface area contributed by atoms with Gasteiger partial charge in [0.1, 0.15) is 0 Å². The molecule has 0 bridgehead atoms. The van der Waals surface area contributed by atoms with Gasteiger partial charge in [-0.25, -0.2) is 4.98 Å². The Morgan fingerprint density at radius 3 is 2.68 bits per heavy atom. The van der Waals surface area contributed by atoms with Crippen LogP contribution in [-0.4, -0.2) is 33.3 Å². The molecule has 1 N–H and O–H groups in total. The van der Waals surface area contributed by atoms with E-state index >= 15 is 0 Å². The summed E-state index contributed by atoms with van der Waals surface area (Å²) in [4.78, 5) is 4.05. The number of aromatic nitrogens is 2. The predicted octanol–water partition coefficient (Wildman–Crippen LogP) is 2.60. The summed E-state index contributed by atoms with van der Waals surface area (Å²) in [6, 6.07) is 0.454. The molecule has 1 saturated heterocycles. The lowest BCUT2D eigenvalue weighted by Crippen LogP contribution is -2.43. The third kappa shape index (κ3) is 4.05. The van der Waals surface area contributed by atoms with Crippen LogP contribution in [0.2, 0.25) is 0 Å². The van der Waals surface area contributed by atoms with E-state index in [1.807, 2.05) is 18.7 Å². The minimum atomic E-state index is -0.0617. The summed E-state index contributed by atoms with van der Waals surface area (Å²) in [6.07, 6.45) is 9.18. The van der Waals surface area contributed by atoms with E-state index in [4.69, 9.17) is 4.74 Å². The van der Waals surface area contributed by atoms with Gasteiger partial charge in [0.25, 0.3) is 0 Å². The maximum Gasteiger partial charge on any atom is 0.0945 e. The van der Waals surface area contributed by atoms with Gasteiger partial charge in [-0.15, -0.1) is 0 Å². The van der Waals surface area contributed by atoms with Gasteiger partial charge in [-0.3, -0.25) is 0 Å². The van der Waals surface area contributed by atoms with Gasteiger partial charge < -0.3 is 14.6 Å². The summed E-state index contributed by atoms with van der Waals surface area (Å²) >= 11 is 0. The van der Waals surface area contributed by atoms with Gasteiger partial charge in [0.2, 0.25) is 0 Å². The first-order valence-corrected chi connectivity index (χ1v) is 7.28. The molecule has 1 aliphatic heterocycles. The molecule has 4 heteroatoms. The van der Waals surface area contributed by atoms with Gasteiger partial charge in [-0.05, 0) is 53.5 Å². The highest BCUT2D eigenvalue weighted by molar-refractivity contribution is 4.98. The Balaban J connectivity index is 1.66. The topological polar surface area (TPSA) is 39.1 Å². The predicted molar refractivity (Wildman–Crippen MR) is 77.1 cm³/mol. The van der Waals surface area contributed by atoms with E-state index in [9.17, 15) is 0 Å². The van der Waals surface area contributed by atoms with Crippen LogP contribution in [0.1, 0.15) is 47.0 Å². The molecule has 0 amide bonds. The average Bonchev–Trinajstić information content (AvgIpc) is 2.84. The van der Waals surface area contributed by atoms with Gasteiger partial charge in [0.15, 0.2) is 0 Å².